The Morgan fingerprint density at radius 2 is 2.10 bits per heavy atom. The van der Waals surface area contributed by atoms with E-state index in [0.717, 1.165) is 23.5 Å². The van der Waals surface area contributed by atoms with Gasteiger partial charge in [0.1, 0.15) is 11.3 Å². The van der Waals surface area contributed by atoms with E-state index in [0.29, 0.717) is 0 Å². The van der Waals surface area contributed by atoms with Gasteiger partial charge in [0.25, 0.3) is 0 Å². The van der Waals surface area contributed by atoms with Crippen LogP contribution in [0, 0.1) is 0 Å². The van der Waals surface area contributed by atoms with Crippen LogP contribution in [-0.2, 0) is 6.54 Å². The molecule has 0 aromatic carbocycles. The molecule has 2 atom stereocenters. The summed E-state index contributed by atoms with van der Waals surface area (Å²) in [5, 5.41) is 4.09. The van der Waals surface area contributed by atoms with E-state index in [-0.39, 0.29) is 11.4 Å². The Balaban J connectivity index is 2.06. The van der Waals surface area contributed by atoms with Crippen LogP contribution in [0.25, 0.3) is 11.2 Å². The summed E-state index contributed by atoms with van der Waals surface area (Å²) in [7, 11) is 0. The van der Waals surface area contributed by atoms with Crippen molar-refractivity contribution in [1.29, 1.82) is 0 Å². The third-order valence-electron chi connectivity index (χ3n) is 3.28. The van der Waals surface area contributed by atoms with Gasteiger partial charge >= 0.3 is 0 Å². The molecule has 0 saturated carbocycles. The van der Waals surface area contributed by atoms with Crippen molar-refractivity contribution in [2.75, 3.05) is 0 Å². The average Bonchev–Trinajstić information content (AvgIpc) is 3.04. The topological polar surface area (TPSA) is 48.5 Å². The van der Waals surface area contributed by atoms with Gasteiger partial charge in [-0.25, -0.2) is 9.97 Å². The first-order valence-corrected chi connectivity index (χ1v) is 7.05. The molecule has 0 aliphatic heterocycles. The van der Waals surface area contributed by atoms with Crippen LogP contribution in [0.15, 0.2) is 36.8 Å². The standard InChI is InChI=1S/C14H16ClN5/c1-10(9-19-8-4-7-17-19)20-13(11(2)15)18-12-5-3-6-16-14(12)20/h3-8,10-11H,9H2,1-2H3. The number of rotatable bonds is 4. The van der Waals surface area contributed by atoms with E-state index in [1.807, 2.05) is 36.0 Å². The predicted molar refractivity (Wildman–Crippen MR) is 78.7 cm³/mol. The van der Waals surface area contributed by atoms with Crippen molar-refractivity contribution in [1.82, 2.24) is 24.3 Å². The number of hydrogen-bond acceptors (Lipinski definition) is 3. The van der Waals surface area contributed by atoms with Crippen molar-refractivity contribution in [3.8, 4) is 0 Å². The minimum Gasteiger partial charge on any atom is -0.307 e. The van der Waals surface area contributed by atoms with E-state index < -0.39 is 0 Å². The molecule has 0 N–H and O–H groups in total. The Morgan fingerprint density at radius 3 is 2.80 bits per heavy atom. The van der Waals surface area contributed by atoms with Crippen molar-refractivity contribution < 1.29 is 0 Å². The molecule has 0 saturated heterocycles. The first kappa shape index (κ1) is 13.1. The van der Waals surface area contributed by atoms with E-state index in [1.54, 1.807) is 12.4 Å². The summed E-state index contributed by atoms with van der Waals surface area (Å²) in [6.07, 6.45) is 5.51. The first-order valence-electron chi connectivity index (χ1n) is 6.61. The second-order valence-electron chi connectivity index (χ2n) is 4.88. The molecule has 6 heteroatoms. The van der Waals surface area contributed by atoms with Crippen LogP contribution in [0.3, 0.4) is 0 Å². The predicted octanol–water partition coefficient (Wildman–Crippen LogP) is 3.19. The summed E-state index contributed by atoms with van der Waals surface area (Å²) in [5.41, 5.74) is 1.75. The molecule has 0 amide bonds. The number of aromatic nitrogens is 5. The van der Waals surface area contributed by atoms with E-state index in [4.69, 9.17) is 11.6 Å². The van der Waals surface area contributed by atoms with Gasteiger partial charge in [-0.05, 0) is 32.0 Å². The van der Waals surface area contributed by atoms with Crippen LogP contribution in [0.1, 0.15) is 31.1 Å². The molecule has 3 rings (SSSR count). The molecule has 3 aromatic heterocycles. The summed E-state index contributed by atoms with van der Waals surface area (Å²) in [4.78, 5) is 9.05. The fraction of sp³-hybridized carbons (Fsp3) is 0.357. The SMILES string of the molecule is CC(Cl)c1nc2cccnc2n1C(C)Cn1cccn1. The van der Waals surface area contributed by atoms with Gasteiger partial charge in [-0.2, -0.15) is 5.10 Å². The molecule has 0 aliphatic carbocycles. The zero-order valence-electron chi connectivity index (χ0n) is 11.4. The second-order valence-corrected chi connectivity index (χ2v) is 5.53. The van der Waals surface area contributed by atoms with E-state index in [9.17, 15) is 0 Å². The third kappa shape index (κ3) is 2.29. The molecule has 3 aromatic rings. The lowest BCUT2D eigenvalue weighted by Crippen LogP contribution is -2.16. The van der Waals surface area contributed by atoms with Gasteiger partial charge in [0.15, 0.2) is 5.65 Å². The Kier molecular flexibility index (Phi) is 3.44. The molecule has 0 spiro atoms. The molecular weight excluding hydrogens is 274 g/mol. The van der Waals surface area contributed by atoms with Crippen molar-refractivity contribution >= 4 is 22.8 Å². The monoisotopic (exact) mass is 289 g/mol. The molecule has 104 valence electrons. The molecular formula is C14H16ClN5. The van der Waals surface area contributed by atoms with Gasteiger partial charge in [0, 0.05) is 18.6 Å². The van der Waals surface area contributed by atoms with Crippen LogP contribution in [0.4, 0.5) is 0 Å². The third-order valence-corrected chi connectivity index (χ3v) is 3.48. The maximum Gasteiger partial charge on any atom is 0.160 e. The largest absolute Gasteiger partial charge is 0.307 e. The highest BCUT2D eigenvalue weighted by Gasteiger charge is 2.20. The Hall–Kier alpha value is -1.88. The van der Waals surface area contributed by atoms with E-state index >= 15 is 0 Å². The summed E-state index contributed by atoms with van der Waals surface area (Å²) in [6, 6.07) is 5.94. The van der Waals surface area contributed by atoms with Crippen LogP contribution in [-0.4, -0.2) is 24.3 Å². The summed E-state index contributed by atoms with van der Waals surface area (Å²) in [5.74, 6) is 0.847. The molecule has 0 radical (unpaired) electrons. The lowest BCUT2D eigenvalue weighted by Gasteiger charge is -2.18. The van der Waals surface area contributed by atoms with E-state index in [2.05, 4.69) is 26.6 Å². The average molecular weight is 290 g/mol. The number of pyridine rings is 1. The fourth-order valence-electron chi connectivity index (χ4n) is 2.42. The normalized spacial score (nSPS) is 14.6. The van der Waals surface area contributed by atoms with Gasteiger partial charge in [0.2, 0.25) is 0 Å². The van der Waals surface area contributed by atoms with Crippen LogP contribution in [0.2, 0.25) is 0 Å². The molecule has 0 bridgehead atoms. The van der Waals surface area contributed by atoms with Crippen LogP contribution in [0.5, 0.6) is 0 Å². The number of hydrogen-bond donors (Lipinski definition) is 0. The molecule has 3 heterocycles. The van der Waals surface area contributed by atoms with Crippen LogP contribution < -0.4 is 0 Å². The van der Waals surface area contributed by atoms with Crippen molar-refractivity contribution in [3.63, 3.8) is 0 Å². The van der Waals surface area contributed by atoms with Crippen molar-refractivity contribution in [2.45, 2.75) is 31.8 Å². The molecule has 20 heavy (non-hydrogen) atoms. The quantitative estimate of drug-likeness (QED) is 0.693. The number of nitrogens with zero attached hydrogens (tertiary/aromatic N) is 5. The van der Waals surface area contributed by atoms with Gasteiger partial charge in [-0.3, -0.25) is 4.68 Å². The number of fused-ring (bicyclic) bond motifs is 1. The Bertz CT molecular complexity index is 702. The van der Waals surface area contributed by atoms with E-state index in [1.165, 1.54) is 0 Å². The van der Waals surface area contributed by atoms with Gasteiger partial charge in [-0.1, -0.05) is 0 Å². The number of alkyl halides is 1. The van der Waals surface area contributed by atoms with Crippen LogP contribution >= 0.6 is 11.6 Å². The maximum atomic E-state index is 6.27. The molecule has 0 aliphatic rings. The first-order chi connectivity index (χ1) is 9.66. The zero-order chi connectivity index (χ0) is 14.1. The van der Waals surface area contributed by atoms with Gasteiger partial charge in [0.05, 0.1) is 18.0 Å². The Morgan fingerprint density at radius 1 is 1.25 bits per heavy atom. The summed E-state index contributed by atoms with van der Waals surface area (Å²) < 4.78 is 4.01. The lowest BCUT2D eigenvalue weighted by atomic mass is 10.3. The lowest BCUT2D eigenvalue weighted by molar-refractivity contribution is 0.432. The number of halogens is 1. The minimum absolute atomic E-state index is 0.163. The smallest absolute Gasteiger partial charge is 0.160 e. The minimum atomic E-state index is -0.163. The zero-order valence-corrected chi connectivity index (χ0v) is 12.2. The van der Waals surface area contributed by atoms with Crippen molar-refractivity contribution in [2.24, 2.45) is 0 Å². The van der Waals surface area contributed by atoms with Gasteiger partial charge < -0.3 is 4.57 Å². The number of imidazole rings is 1. The highest BCUT2D eigenvalue weighted by Crippen LogP contribution is 2.27. The van der Waals surface area contributed by atoms with Gasteiger partial charge in [-0.15, -0.1) is 11.6 Å². The highest BCUT2D eigenvalue weighted by molar-refractivity contribution is 6.20. The molecule has 5 nitrogen and oxygen atoms in total. The highest BCUT2D eigenvalue weighted by atomic mass is 35.5. The Labute approximate surface area is 122 Å². The molecule has 0 fully saturated rings. The second kappa shape index (κ2) is 5.25. The molecule has 2 unspecified atom stereocenters. The maximum absolute atomic E-state index is 6.27. The van der Waals surface area contributed by atoms with Crippen molar-refractivity contribution in [3.05, 3.63) is 42.6 Å². The summed E-state index contributed by atoms with van der Waals surface area (Å²) in [6.45, 7) is 4.81. The fourth-order valence-corrected chi connectivity index (χ4v) is 2.58. The summed E-state index contributed by atoms with van der Waals surface area (Å²) >= 11 is 6.27.